The predicted molar refractivity (Wildman–Crippen MR) is 52.7 cm³/mol. The predicted octanol–water partition coefficient (Wildman–Crippen LogP) is 1.37. The third-order valence-corrected chi connectivity index (χ3v) is 1.93. The molecule has 0 amide bonds. The highest BCUT2D eigenvalue weighted by Crippen LogP contribution is 2.13. The van der Waals surface area contributed by atoms with Crippen molar-refractivity contribution in [3.63, 3.8) is 0 Å². The van der Waals surface area contributed by atoms with Gasteiger partial charge in [-0.3, -0.25) is 5.10 Å². The highest BCUT2D eigenvalue weighted by molar-refractivity contribution is 5.28. The molecular weight excluding hydrogens is 178 g/mol. The van der Waals surface area contributed by atoms with Gasteiger partial charge in [0.05, 0.1) is 12.2 Å². The Labute approximate surface area is 81.6 Å². The van der Waals surface area contributed by atoms with E-state index in [4.69, 9.17) is 0 Å². The van der Waals surface area contributed by atoms with Crippen molar-refractivity contribution < 1.29 is 0 Å². The summed E-state index contributed by atoms with van der Waals surface area (Å²) in [6, 6.07) is 1.93. The number of H-pyrrole nitrogens is 1. The van der Waals surface area contributed by atoms with Gasteiger partial charge in [-0.15, -0.1) is 0 Å². The molecule has 0 radical (unpaired) electrons. The summed E-state index contributed by atoms with van der Waals surface area (Å²) >= 11 is 0. The number of nitrogens with zero attached hydrogens (tertiary/aromatic N) is 3. The fourth-order valence-corrected chi connectivity index (χ4v) is 1.15. The number of rotatable bonds is 3. The molecule has 2 heterocycles. The van der Waals surface area contributed by atoms with Gasteiger partial charge < -0.3 is 5.32 Å². The Morgan fingerprint density at radius 3 is 2.79 bits per heavy atom. The summed E-state index contributed by atoms with van der Waals surface area (Å²) in [4.78, 5) is 8.15. The summed E-state index contributed by atoms with van der Waals surface area (Å²) in [5.41, 5.74) is 1.08. The number of aromatic amines is 1. The van der Waals surface area contributed by atoms with Crippen LogP contribution in [0.2, 0.25) is 0 Å². The van der Waals surface area contributed by atoms with Crippen molar-refractivity contribution in [2.45, 2.75) is 13.0 Å². The highest BCUT2D eigenvalue weighted by atomic mass is 15.1. The first-order valence-electron chi connectivity index (χ1n) is 4.38. The fourth-order valence-electron chi connectivity index (χ4n) is 1.15. The topological polar surface area (TPSA) is 66.5 Å². The van der Waals surface area contributed by atoms with Crippen LogP contribution >= 0.6 is 0 Å². The molecule has 2 rings (SSSR count). The van der Waals surface area contributed by atoms with Crippen LogP contribution in [0.4, 0.5) is 5.95 Å². The number of hydrogen-bond donors (Lipinski definition) is 2. The summed E-state index contributed by atoms with van der Waals surface area (Å²) in [5, 5.41) is 9.81. The minimum atomic E-state index is 0.149. The first kappa shape index (κ1) is 8.68. The molecule has 0 saturated carbocycles. The van der Waals surface area contributed by atoms with Crippen LogP contribution in [-0.4, -0.2) is 20.2 Å². The van der Waals surface area contributed by atoms with E-state index in [2.05, 4.69) is 25.5 Å². The van der Waals surface area contributed by atoms with Gasteiger partial charge in [0.2, 0.25) is 5.95 Å². The molecule has 1 atom stereocenters. The Hall–Kier alpha value is -1.91. The minimum absolute atomic E-state index is 0.149. The first-order chi connectivity index (χ1) is 6.86. The number of aromatic nitrogens is 4. The molecule has 2 N–H and O–H groups in total. The van der Waals surface area contributed by atoms with E-state index in [0.29, 0.717) is 5.95 Å². The summed E-state index contributed by atoms with van der Waals surface area (Å²) in [6.07, 6.45) is 7.04. The number of anilines is 1. The summed E-state index contributed by atoms with van der Waals surface area (Å²) in [7, 11) is 0. The average molecular weight is 189 g/mol. The smallest absolute Gasteiger partial charge is 0.223 e. The van der Waals surface area contributed by atoms with Gasteiger partial charge in [-0.25, -0.2) is 9.97 Å². The maximum atomic E-state index is 4.08. The molecule has 0 aliphatic heterocycles. The van der Waals surface area contributed by atoms with Gasteiger partial charge in [0.1, 0.15) is 0 Å². The Morgan fingerprint density at radius 2 is 2.14 bits per heavy atom. The van der Waals surface area contributed by atoms with Crippen LogP contribution in [0.5, 0.6) is 0 Å². The van der Waals surface area contributed by atoms with E-state index < -0.39 is 0 Å². The molecule has 0 aromatic carbocycles. The Morgan fingerprint density at radius 1 is 1.36 bits per heavy atom. The molecule has 2 aromatic rings. The normalized spacial score (nSPS) is 12.4. The average Bonchev–Trinajstić information content (AvgIpc) is 2.72. The standard InChI is InChI=1S/C9H11N5/c1-7(8-5-12-13-6-8)14-9-10-3-2-4-11-9/h2-7H,1H3,(H,12,13)(H,10,11,14). The van der Waals surface area contributed by atoms with Crippen molar-refractivity contribution in [1.29, 1.82) is 0 Å². The lowest BCUT2D eigenvalue weighted by molar-refractivity contribution is 0.861. The van der Waals surface area contributed by atoms with Gasteiger partial charge in [0.25, 0.3) is 0 Å². The maximum absolute atomic E-state index is 4.08. The van der Waals surface area contributed by atoms with Crippen molar-refractivity contribution in [1.82, 2.24) is 20.2 Å². The summed E-state index contributed by atoms with van der Waals surface area (Å²) < 4.78 is 0. The van der Waals surface area contributed by atoms with Crippen LogP contribution < -0.4 is 5.32 Å². The van der Waals surface area contributed by atoms with E-state index >= 15 is 0 Å². The molecule has 0 fully saturated rings. The van der Waals surface area contributed by atoms with E-state index in [1.165, 1.54) is 0 Å². The zero-order chi connectivity index (χ0) is 9.80. The van der Waals surface area contributed by atoms with Gasteiger partial charge in [0, 0.05) is 24.2 Å². The first-order valence-corrected chi connectivity index (χ1v) is 4.38. The van der Waals surface area contributed by atoms with E-state index in [1.807, 2.05) is 13.1 Å². The zero-order valence-electron chi connectivity index (χ0n) is 7.81. The molecule has 5 nitrogen and oxygen atoms in total. The second-order valence-corrected chi connectivity index (χ2v) is 2.97. The maximum Gasteiger partial charge on any atom is 0.223 e. The highest BCUT2D eigenvalue weighted by Gasteiger charge is 2.06. The zero-order valence-corrected chi connectivity index (χ0v) is 7.81. The van der Waals surface area contributed by atoms with E-state index in [-0.39, 0.29) is 6.04 Å². The van der Waals surface area contributed by atoms with Crippen LogP contribution in [0.15, 0.2) is 30.9 Å². The molecule has 72 valence electrons. The quantitative estimate of drug-likeness (QED) is 0.765. The molecule has 0 spiro atoms. The summed E-state index contributed by atoms with van der Waals surface area (Å²) in [6.45, 7) is 2.03. The molecule has 2 aromatic heterocycles. The number of nitrogens with one attached hydrogen (secondary N) is 2. The van der Waals surface area contributed by atoms with Crippen molar-refractivity contribution in [2.24, 2.45) is 0 Å². The van der Waals surface area contributed by atoms with Crippen LogP contribution in [-0.2, 0) is 0 Å². The molecule has 0 aliphatic carbocycles. The second kappa shape index (κ2) is 3.87. The van der Waals surface area contributed by atoms with Crippen molar-refractivity contribution in [2.75, 3.05) is 5.32 Å². The van der Waals surface area contributed by atoms with Crippen LogP contribution in [0.1, 0.15) is 18.5 Å². The molecule has 0 bridgehead atoms. The van der Waals surface area contributed by atoms with Gasteiger partial charge in [0.15, 0.2) is 0 Å². The lowest BCUT2D eigenvalue weighted by Gasteiger charge is -2.10. The molecule has 5 heteroatoms. The molecule has 14 heavy (non-hydrogen) atoms. The van der Waals surface area contributed by atoms with Crippen molar-refractivity contribution in [3.05, 3.63) is 36.4 Å². The van der Waals surface area contributed by atoms with Crippen LogP contribution in [0, 0.1) is 0 Å². The Kier molecular flexibility index (Phi) is 2.40. The van der Waals surface area contributed by atoms with Gasteiger partial charge in [-0.05, 0) is 13.0 Å². The third kappa shape index (κ3) is 1.87. The van der Waals surface area contributed by atoms with E-state index in [1.54, 1.807) is 24.7 Å². The van der Waals surface area contributed by atoms with E-state index in [0.717, 1.165) is 5.56 Å². The van der Waals surface area contributed by atoms with Crippen LogP contribution in [0.25, 0.3) is 0 Å². The lowest BCUT2D eigenvalue weighted by Crippen LogP contribution is -2.08. The van der Waals surface area contributed by atoms with Crippen molar-refractivity contribution in [3.8, 4) is 0 Å². The van der Waals surface area contributed by atoms with Gasteiger partial charge in [-0.2, -0.15) is 5.10 Å². The van der Waals surface area contributed by atoms with E-state index in [9.17, 15) is 0 Å². The molecule has 1 unspecified atom stereocenters. The second-order valence-electron chi connectivity index (χ2n) is 2.97. The fraction of sp³-hybridized carbons (Fsp3) is 0.222. The number of hydrogen-bond acceptors (Lipinski definition) is 4. The SMILES string of the molecule is CC(Nc1ncccn1)c1cn[nH]c1. The Balaban J connectivity index is 2.06. The van der Waals surface area contributed by atoms with Gasteiger partial charge in [-0.1, -0.05) is 0 Å². The van der Waals surface area contributed by atoms with Gasteiger partial charge >= 0.3 is 0 Å². The largest absolute Gasteiger partial charge is 0.348 e. The molecular formula is C9H11N5. The third-order valence-electron chi connectivity index (χ3n) is 1.93. The van der Waals surface area contributed by atoms with Crippen LogP contribution in [0.3, 0.4) is 0 Å². The molecule has 0 aliphatic rings. The summed E-state index contributed by atoms with van der Waals surface area (Å²) in [5.74, 6) is 0.626. The molecule has 0 saturated heterocycles. The lowest BCUT2D eigenvalue weighted by atomic mass is 10.2. The monoisotopic (exact) mass is 189 g/mol. The minimum Gasteiger partial charge on any atom is -0.348 e. The Bertz CT molecular complexity index is 369. The van der Waals surface area contributed by atoms with Crippen molar-refractivity contribution >= 4 is 5.95 Å².